The van der Waals surface area contributed by atoms with E-state index in [2.05, 4.69) is 35.3 Å². The molecule has 5 heteroatoms. The van der Waals surface area contributed by atoms with Gasteiger partial charge >= 0.3 is 0 Å². The molecule has 1 heterocycles. The minimum Gasteiger partial charge on any atom is -0.494 e. The Morgan fingerprint density at radius 1 is 1.28 bits per heavy atom. The Bertz CT molecular complexity index is 504. The molecule has 1 aliphatic rings. The van der Waals surface area contributed by atoms with Gasteiger partial charge in [-0.2, -0.15) is 11.8 Å². The Balaban J connectivity index is 1.60. The van der Waals surface area contributed by atoms with Gasteiger partial charge in [-0.05, 0) is 62.2 Å². The fraction of sp³-hybridized carbons (Fsp3) is 0.650. The van der Waals surface area contributed by atoms with E-state index in [-0.39, 0.29) is 5.91 Å². The van der Waals surface area contributed by atoms with Crippen LogP contribution in [-0.4, -0.2) is 48.6 Å². The molecule has 0 unspecified atom stereocenters. The lowest BCUT2D eigenvalue weighted by atomic mass is 10.1. The average molecular weight is 365 g/mol. The molecule has 0 radical (unpaired) electrons. The summed E-state index contributed by atoms with van der Waals surface area (Å²) in [6, 6.07) is 8.41. The van der Waals surface area contributed by atoms with Gasteiger partial charge in [0.05, 0.1) is 12.4 Å². The lowest BCUT2D eigenvalue weighted by molar-refractivity contribution is -0.118. The smallest absolute Gasteiger partial charge is 0.229 e. The maximum absolute atomic E-state index is 11.6. The summed E-state index contributed by atoms with van der Waals surface area (Å²) in [6.45, 7) is 6.88. The molecule has 1 aromatic carbocycles. The molecule has 0 atom stereocenters. The summed E-state index contributed by atoms with van der Waals surface area (Å²) in [4.78, 5) is 14.1. The van der Waals surface area contributed by atoms with Crippen molar-refractivity contribution in [3.63, 3.8) is 0 Å². The zero-order valence-corrected chi connectivity index (χ0v) is 16.3. The number of amides is 1. The van der Waals surface area contributed by atoms with Crippen molar-refractivity contribution in [2.75, 3.05) is 37.7 Å². The molecule has 140 valence electrons. The molecule has 1 N–H and O–H groups in total. The highest BCUT2D eigenvalue weighted by Gasteiger charge is 2.10. The molecule has 0 saturated carbocycles. The lowest BCUT2D eigenvalue weighted by Crippen LogP contribution is -2.29. The average Bonchev–Trinajstić information content (AvgIpc) is 2.63. The summed E-state index contributed by atoms with van der Waals surface area (Å²) in [7, 11) is 0. The highest BCUT2D eigenvalue weighted by molar-refractivity contribution is 7.99. The standard InChI is InChI=1S/C20H32N2O2S/c1-2-14-25-17-20(23)21-10-7-13-24-19-9-6-8-18(15-19)16-22-11-4-3-5-12-22/h6,8-9,15H,2-5,7,10-14,16-17H2,1H3,(H,21,23). The number of piperidine rings is 1. The second kappa shape index (κ2) is 12.2. The van der Waals surface area contributed by atoms with E-state index in [0.717, 1.165) is 30.9 Å². The molecule has 2 rings (SSSR count). The van der Waals surface area contributed by atoms with Crippen molar-refractivity contribution >= 4 is 17.7 Å². The van der Waals surface area contributed by atoms with E-state index in [1.165, 1.54) is 37.9 Å². The van der Waals surface area contributed by atoms with Crippen LogP contribution in [0, 0.1) is 0 Å². The Labute approximate surface area is 156 Å². The molecule has 1 amide bonds. The third kappa shape index (κ3) is 8.63. The zero-order chi connectivity index (χ0) is 17.7. The molecular weight excluding hydrogens is 332 g/mol. The van der Waals surface area contributed by atoms with Crippen molar-refractivity contribution in [2.24, 2.45) is 0 Å². The SMILES string of the molecule is CCCSCC(=O)NCCCOc1cccc(CN2CCCCC2)c1. The largest absolute Gasteiger partial charge is 0.494 e. The summed E-state index contributed by atoms with van der Waals surface area (Å²) in [6.07, 6.45) is 5.95. The lowest BCUT2D eigenvalue weighted by Gasteiger charge is -2.26. The van der Waals surface area contributed by atoms with E-state index in [1.54, 1.807) is 11.8 Å². The number of hydrogen-bond donors (Lipinski definition) is 1. The van der Waals surface area contributed by atoms with E-state index in [9.17, 15) is 4.79 Å². The summed E-state index contributed by atoms with van der Waals surface area (Å²) >= 11 is 1.69. The minimum absolute atomic E-state index is 0.127. The molecule has 0 spiro atoms. The number of thioether (sulfide) groups is 1. The van der Waals surface area contributed by atoms with Crippen molar-refractivity contribution in [2.45, 2.75) is 45.6 Å². The van der Waals surface area contributed by atoms with Gasteiger partial charge in [0, 0.05) is 13.1 Å². The van der Waals surface area contributed by atoms with Crippen molar-refractivity contribution < 1.29 is 9.53 Å². The number of carbonyl (C=O) groups is 1. The number of carbonyl (C=O) groups excluding carboxylic acids is 1. The zero-order valence-electron chi connectivity index (χ0n) is 15.5. The van der Waals surface area contributed by atoms with Crippen LogP contribution in [0.1, 0.15) is 44.6 Å². The van der Waals surface area contributed by atoms with Crippen LogP contribution in [0.25, 0.3) is 0 Å². The molecule has 4 nitrogen and oxygen atoms in total. The predicted molar refractivity (Wildman–Crippen MR) is 106 cm³/mol. The maximum atomic E-state index is 11.6. The molecule has 1 aromatic rings. The first-order valence-corrected chi connectivity index (χ1v) is 10.7. The predicted octanol–water partition coefficient (Wildman–Crippen LogP) is 3.70. The topological polar surface area (TPSA) is 41.6 Å². The number of hydrogen-bond acceptors (Lipinski definition) is 4. The van der Waals surface area contributed by atoms with Gasteiger partial charge in [0.25, 0.3) is 0 Å². The molecule has 1 aliphatic heterocycles. The van der Waals surface area contributed by atoms with Crippen LogP contribution in [0.15, 0.2) is 24.3 Å². The van der Waals surface area contributed by atoms with Gasteiger partial charge < -0.3 is 10.1 Å². The second-order valence-electron chi connectivity index (χ2n) is 6.59. The molecule has 0 bridgehead atoms. The van der Waals surface area contributed by atoms with E-state index < -0.39 is 0 Å². The second-order valence-corrected chi connectivity index (χ2v) is 7.69. The van der Waals surface area contributed by atoms with Gasteiger partial charge in [-0.3, -0.25) is 9.69 Å². The Kier molecular flexibility index (Phi) is 9.82. The first-order chi connectivity index (χ1) is 12.3. The van der Waals surface area contributed by atoms with Crippen LogP contribution in [0.2, 0.25) is 0 Å². The summed E-state index contributed by atoms with van der Waals surface area (Å²) in [5.74, 6) is 2.67. The Morgan fingerprint density at radius 2 is 2.12 bits per heavy atom. The van der Waals surface area contributed by atoms with Crippen LogP contribution < -0.4 is 10.1 Å². The molecule has 25 heavy (non-hydrogen) atoms. The quantitative estimate of drug-likeness (QED) is 0.608. The third-order valence-electron chi connectivity index (χ3n) is 4.25. The van der Waals surface area contributed by atoms with Crippen molar-refractivity contribution in [1.82, 2.24) is 10.2 Å². The molecule has 1 fully saturated rings. The normalized spacial score (nSPS) is 15.1. The highest BCUT2D eigenvalue weighted by atomic mass is 32.2. The first-order valence-electron chi connectivity index (χ1n) is 9.56. The van der Waals surface area contributed by atoms with Gasteiger partial charge in [0.1, 0.15) is 5.75 Å². The maximum Gasteiger partial charge on any atom is 0.229 e. The summed E-state index contributed by atoms with van der Waals surface area (Å²) in [5.41, 5.74) is 1.32. The monoisotopic (exact) mass is 364 g/mol. The molecule has 1 saturated heterocycles. The van der Waals surface area contributed by atoms with Crippen molar-refractivity contribution in [3.8, 4) is 5.75 Å². The van der Waals surface area contributed by atoms with Crippen LogP contribution in [0.4, 0.5) is 0 Å². The molecule has 0 aliphatic carbocycles. The molecular formula is C20H32N2O2S. The Morgan fingerprint density at radius 3 is 2.92 bits per heavy atom. The number of benzene rings is 1. The van der Waals surface area contributed by atoms with Crippen molar-refractivity contribution in [1.29, 1.82) is 0 Å². The summed E-state index contributed by atoms with van der Waals surface area (Å²) < 4.78 is 5.84. The van der Waals surface area contributed by atoms with Crippen LogP contribution in [-0.2, 0) is 11.3 Å². The Hall–Kier alpha value is -1.20. The number of nitrogens with zero attached hydrogens (tertiary/aromatic N) is 1. The fourth-order valence-corrected chi connectivity index (χ4v) is 3.68. The van der Waals surface area contributed by atoms with Gasteiger partial charge in [0.2, 0.25) is 5.91 Å². The van der Waals surface area contributed by atoms with E-state index >= 15 is 0 Å². The summed E-state index contributed by atoms with van der Waals surface area (Å²) in [5, 5.41) is 2.95. The molecule has 0 aromatic heterocycles. The van der Waals surface area contributed by atoms with Crippen LogP contribution in [0.5, 0.6) is 5.75 Å². The van der Waals surface area contributed by atoms with Gasteiger partial charge in [-0.1, -0.05) is 25.5 Å². The number of nitrogens with one attached hydrogen (secondary N) is 1. The third-order valence-corrected chi connectivity index (χ3v) is 5.41. The van der Waals surface area contributed by atoms with Gasteiger partial charge in [0.15, 0.2) is 0 Å². The minimum atomic E-state index is 0.127. The van der Waals surface area contributed by atoms with Gasteiger partial charge in [-0.25, -0.2) is 0 Å². The first kappa shape index (κ1) is 20.1. The van der Waals surface area contributed by atoms with Crippen LogP contribution in [0.3, 0.4) is 0 Å². The van der Waals surface area contributed by atoms with E-state index in [0.29, 0.717) is 18.9 Å². The fourth-order valence-electron chi connectivity index (χ4n) is 2.96. The highest BCUT2D eigenvalue weighted by Crippen LogP contribution is 2.17. The van der Waals surface area contributed by atoms with Gasteiger partial charge in [-0.15, -0.1) is 0 Å². The number of ether oxygens (including phenoxy) is 1. The number of likely N-dealkylation sites (tertiary alicyclic amines) is 1. The van der Waals surface area contributed by atoms with Crippen LogP contribution >= 0.6 is 11.8 Å². The number of rotatable bonds is 11. The van der Waals surface area contributed by atoms with E-state index in [1.807, 2.05) is 6.07 Å². The van der Waals surface area contributed by atoms with E-state index in [4.69, 9.17) is 4.74 Å². The van der Waals surface area contributed by atoms with Crippen molar-refractivity contribution in [3.05, 3.63) is 29.8 Å².